The Labute approximate surface area is 182 Å². The van der Waals surface area contributed by atoms with Gasteiger partial charge in [0, 0.05) is 19.2 Å². The van der Waals surface area contributed by atoms with Crippen molar-refractivity contribution in [3.8, 4) is 5.75 Å². The van der Waals surface area contributed by atoms with Gasteiger partial charge in [-0.1, -0.05) is 18.2 Å². The van der Waals surface area contributed by atoms with Crippen molar-refractivity contribution in [1.29, 1.82) is 0 Å². The number of rotatable bonds is 7. The van der Waals surface area contributed by atoms with Crippen LogP contribution >= 0.6 is 0 Å². The highest BCUT2D eigenvalue weighted by atomic mass is 32.2. The van der Waals surface area contributed by atoms with Gasteiger partial charge in [0.2, 0.25) is 15.9 Å². The van der Waals surface area contributed by atoms with Gasteiger partial charge in [0.1, 0.15) is 11.8 Å². The molecule has 1 unspecified atom stereocenters. The van der Waals surface area contributed by atoms with E-state index in [1.54, 1.807) is 53.4 Å². The number of ether oxygens (including phenoxy) is 1. The van der Waals surface area contributed by atoms with Crippen molar-refractivity contribution in [2.75, 3.05) is 36.1 Å². The number of carbonyl (C=O) groups is 2. The fourth-order valence-electron chi connectivity index (χ4n) is 3.66. The Morgan fingerprint density at radius 3 is 2.42 bits per heavy atom. The predicted molar refractivity (Wildman–Crippen MR) is 120 cm³/mol. The van der Waals surface area contributed by atoms with E-state index in [0.29, 0.717) is 35.8 Å². The second-order valence-electron chi connectivity index (χ2n) is 7.47. The Kier molecular flexibility index (Phi) is 6.84. The van der Waals surface area contributed by atoms with E-state index in [4.69, 9.17) is 4.74 Å². The van der Waals surface area contributed by atoms with Gasteiger partial charge in [-0.15, -0.1) is 0 Å². The molecule has 8 nitrogen and oxygen atoms in total. The molecule has 1 fully saturated rings. The second-order valence-corrected chi connectivity index (χ2v) is 9.33. The summed E-state index contributed by atoms with van der Waals surface area (Å²) >= 11 is 0. The molecule has 2 amide bonds. The van der Waals surface area contributed by atoms with Gasteiger partial charge >= 0.3 is 0 Å². The lowest BCUT2D eigenvalue weighted by atomic mass is 10.1. The molecule has 0 saturated carbocycles. The summed E-state index contributed by atoms with van der Waals surface area (Å²) in [5, 5.41) is 2.74. The molecule has 1 saturated heterocycles. The molecule has 1 N–H and O–H groups in total. The van der Waals surface area contributed by atoms with Crippen molar-refractivity contribution in [2.24, 2.45) is 0 Å². The SMILES string of the molecule is COc1cccc(N(C(C)C(=O)Nc2ccccc2C(=O)N2CCCC2)S(C)(=O)=O)c1. The normalized spacial score (nSPS) is 14.7. The zero-order valence-corrected chi connectivity index (χ0v) is 18.7. The smallest absolute Gasteiger partial charge is 0.255 e. The van der Waals surface area contributed by atoms with E-state index in [0.717, 1.165) is 23.4 Å². The lowest BCUT2D eigenvalue weighted by Crippen LogP contribution is -2.45. The van der Waals surface area contributed by atoms with E-state index >= 15 is 0 Å². The van der Waals surface area contributed by atoms with Gasteiger partial charge in [0.05, 0.1) is 30.3 Å². The Morgan fingerprint density at radius 1 is 1.10 bits per heavy atom. The molecule has 2 aromatic rings. The summed E-state index contributed by atoms with van der Waals surface area (Å²) in [4.78, 5) is 27.7. The number of sulfonamides is 1. The third-order valence-corrected chi connectivity index (χ3v) is 6.45. The highest BCUT2D eigenvalue weighted by Crippen LogP contribution is 2.26. The number of likely N-dealkylation sites (tertiary alicyclic amines) is 1. The van der Waals surface area contributed by atoms with Crippen molar-refractivity contribution in [3.63, 3.8) is 0 Å². The first-order chi connectivity index (χ1) is 14.7. The van der Waals surface area contributed by atoms with Crippen molar-refractivity contribution in [1.82, 2.24) is 4.90 Å². The molecule has 166 valence electrons. The van der Waals surface area contributed by atoms with E-state index in [1.807, 2.05) is 0 Å². The Balaban J connectivity index is 1.87. The molecule has 1 atom stereocenters. The van der Waals surface area contributed by atoms with E-state index < -0.39 is 22.0 Å². The average Bonchev–Trinajstić information content (AvgIpc) is 3.28. The quantitative estimate of drug-likeness (QED) is 0.707. The van der Waals surface area contributed by atoms with Crippen molar-refractivity contribution in [3.05, 3.63) is 54.1 Å². The Morgan fingerprint density at radius 2 is 1.77 bits per heavy atom. The first-order valence-corrected chi connectivity index (χ1v) is 11.9. The van der Waals surface area contributed by atoms with Crippen LogP contribution in [0.2, 0.25) is 0 Å². The molecular formula is C22H27N3O5S. The van der Waals surface area contributed by atoms with Gasteiger partial charge in [-0.25, -0.2) is 8.42 Å². The topological polar surface area (TPSA) is 96.0 Å². The molecule has 0 bridgehead atoms. The van der Waals surface area contributed by atoms with Crippen LogP contribution in [0.4, 0.5) is 11.4 Å². The number of nitrogens with zero attached hydrogens (tertiary/aromatic N) is 2. The van der Waals surface area contributed by atoms with Gasteiger partial charge in [-0.2, -0.15) is 0 Å². The lowest BCUT2D eigenvalue weighted by Gasteiger charge is -2.28. The third kappa shape index (κ3) is 5.16. The standard InChI is InChI=1S/C22H27N3O5S/c1-16(25(31(3,28)29)17-9-8-10-18(15-17)30-2)21(26)23-20-12-5-4-11-19(20)22(27)24-13-6-7-14-24/h4-5,8-12,15-16H,6-7,13-14H2,1-3H3,(H,23,26). The number of amides is 2. The van der Waals surface area contributed by atoms with E-state index in [-0.39, 0.29) is 5.91 Å². The molecule has 1 aliphatic heterocycles. The summed E-state index contributed by atoms with van der Waals surface area (Å²) in [5.74, 6) is -0.218. The Hall–Kier alpha value is -3.07. The van der Waals surface area contributed by atoms with Gasteiger partial charge < -0.3 is 15.0 Å². The van der Waals surface area contributed by atoms with Gasteiger partial charge in [0.25, 0.3) is 5.91 Å². The minimum atomic E-state index is -3.78. The van der Waals surface area contributed by atoms with Crippen LogP contribution in [0.1, 0.15) is 30.1 Å². The first kappa shape index (κ1) is 22.6. The van der Waals surface area contributed by atoms with E-state index in [1.165, 1.54) is 14.0 Å². The monoisotopic (exact) mass is 445 g/mol. The summed E-state index contributed by atoms with van der Waals surface area (Å²) in [6, 6.07) is 12.2. The molecule has 0 aliphatic carbocycles. The average molecular weight is 446 g/mol. The molecule has 0 aromatic heterocycles. The van der Waals surface area contributed by atoms with Crippen molar-refractivity contribution < 1.29 is 22.7 Å². The van der Waals surface area contributed by atoms with Crippen LogP contribution in [0, 0.1) is 0 Å². The van der Waals surface area contributed by atoms with Crippen molar-refractivity contribution in [2.45, 2.75) is 25.8 Å². The number of para-hydroxylation sites is 1. The summed E-state index contributed by atoms with van der Waals surface area (Å²) < 4.78 is 31.3. The summed E-state index contributed by atoms with van der Waals surface area (Å²) in [7, 11) is -2.30. The maximum atomic E-state index is 13.1. The number of nitrogens with one attached hydrogen (secondary N) is 1. The summed E-state index contributed by atoms with van der Waals surface area (Å²) in [6.45, 7) is 2.88. The fourth-order valence-corrected chi connectivity index (χ4v) is 4.83. The van der Waals surface area contributed by atoms with Gasteiger partial charge in [-0.3, -0.25) is 13.9 Å². The Bertz CT molecular complexity index is 1060. The predicted octanol–water partition coefficient (Wildman–Crippen LogP) is 2.72. The van der Waals surface area contributed by atoms with Gasteiger partial charge in [0.15, 0.2) is 0 Å². The highest BCUT2D eigenvalue weighted by molar-refractivity contribution is 7.92. The molecule has 0 spiro atoms. The minimum Gasteiger partial charge on any atom is -0.497 e. The molecular weight excluding hydrogens is 418 g/mol. The zero-order valence-electron chi connectivity index (χ0n) is 17.9. The summed E-state index contributed by atoms with van der Waals surface area (Å²) in [6.07, 6.45) is 2.96. The first-order valence-electron chi connectivity index (χ1n) is 10.0. The minimum absolute atomic E-state index is 0.145. The van der Waals surface area contributed by atoms with Crippen LogP contribution in [-0.2, 0) is 14.8 Å². The van der Waals surface area contributed by atoms with Crippen LogP contribution in [0.15, 0.2) is 48.5 Å². The van der Waals surface area contributed by atoms with Crippen LogP contribution in [0.5, 0.6) is 5.75 Å². The number of hydrogen-bond donors (Lipinski definition) is 1. The van der Waals surface area contributed by atoms with E-state index in [2.05, 4.69) is 5.32 Å². The van der Waals surface area contributed by atoms with Crippen molar-refractivity contribution >= 4 is 33.2 Å². The molecule has 9 heteroatoms. The largest absolute Gasteiger partial charge is 0.497 e. The maximum Gasteiger partial charge on any atom is 0.255 e. The van der Waals surface area contributed by atoms with Crippen LogP contribution in [-0.4, -0.2) is 57.6 Å². The second kappa shape index (κ2) is 9.38. The maximum absolute atomic E-state index is 13.1. The number of benzene rings is 2. The van der Waals surface area contributed by atoms with Crippen LogP contribution in [0.3, 0.4) is 0 Å². The third-order valence-electron chi connectivity index (χ3n) is 5.20. The number of methoxy groups -OCH3 is 1. The van der Waals surface area contributed by atoms with Crippen LogP contribution in [0.25, 0.3) is 0 Å². The van der Waals surface area contributed by atoms with Gasteiger partial charge in [-0.05, 0) is 44.0 Å². The number of anilines is 2. The zero-order chi connectivity index (χ0) is 22.6. The molecule has 1 heterocycles. The lowest BCUT2D eigenvalue weighted by molar-refractivity contribution is -0.116. The molecule has 3 rings (SSSR count). The summed E-state index contributed by atoms with van der Waals surface area (Å²) in [5.41, 5.74) is 1.05. The van der Waals surface area contributed by atoms with Crippen LogP contribution < -0.4 is 14.4 Å². The highest BCUT2D eigenvalue weighted by Gasteiger charge is 2.30. The number of hydrogen-bond acceptors (Lipinski definition) is 5. The molecule has 31 heavy (non-hydrogen) atoms. The molecule has 2 aromatic carbocycles. The number of carbonyl (C=O) groups excluding carboxylic acids is 2. The molecule has 1 aliphatic rings. The van der Waals surface area contributed by atoms with E-state index in [9.17, 15) is 18.0 Å². The fraction of sp³-hybridized carbons (Fsp3) is 0.364. The molecule has 0 radical (unpaired) electrons.